The second kappa shape index (κ2) is 4.51. The van der Waals surface area contributed by atoms with E-state index in [0.29, 0.717) is 5.69 Å². The molecule has 3 rings (SSSR count). The third kappa shape index (κ3) is 1.99. The van der Waals surface area contributed by atoms with E-state index >= 15 is 0 Å². The highest BCUT2D eigenvalue weighted by molar-refractivity contribution is 9.11. The maximum absolute atomic E-state index is 10.9. The number of aliphatic carboxylic acids is 1. The van der Waals surface area contributed by atoms with Gasteiger partial charge in [-0.2, -0.15) is 5.10 Å². The first-order valence-corrected chi connectivity index (χ1v) is 7.32. The number of aryl methyl sites for hydroxylation is 1. The lowest BCUT2D eigenvalue weighted by molar-refractivity contribution is -0.136. The van der Waals surface area contributed by atoms with E-state index in [-0.39, 0.29) is 6.42 Å². The van der Waals surface area contributed by atoms with Crippen molar-refractivity contribution in [1.29, 1.82) is 0 Å². The van der Waals surface area contributed by atoms with Gasteiger partial charge >= 0.3 is 5.97 Å². The fourth-order valence-electron chi connectivity index (χ4n) is 2.39. The van der Waals surface area contributed by atoms with E-state index in [2.05, 4.69) is 21.0 Å². The average molecular weight is 327 g/mol. The minimum Gasteiger partial charge on any atom is -0.481 e. The van der Waals surface area contributed by atoms with E-state index in [1.807, 2.05) is 16.8 Å². The van der Waals surface area contributed by atoms with Crippen molar-refractivity contribution < 1.29 is 9.90 Å². The predicted molar refractivity (Wildman–Crippen MR) is 72.9 cm³/mol. The summed E-state index contributed by atoms with van der Waals surface area (Å²) in [6, 6.07) is 4.01. The second-order valence-corrected chi connectivity index (χ2v) is 6.73. The molecule has 0 aromatic carbocycles. The van der Waals surface area contributed by atoms with Crippen molar-refractivity contribution >= 4 is 33.2 Å². The number of carboxylic acids is 1. The summed E-state index contributed by atoms with van der Waals surface area (Å²) >= 11 is 5.07. The van der Waals surface area contributed by atoms with E-state index < -0.39 is 5.97 Å². The zero-order valence-electron chi connectivity index (χ0n) is 9.52. The van der Waals surface area contributed by atoms with Gasteiger partial charge < -0.3 is 5.11 Å². The van der Waals surface area contributed by atoms with Gasteiger partial charge in [0.05, 0.1) is 15.9 Å². The van der Waals surface area contributed by atoms with Crippen molar-refractivity contribution in [3.05, 3.63) is 27.3 Å². The zero-order valence-corrected chi connectivity index (χ0v) is 11.9. The summed E-state index contributed by atoms with van der Waals surface area (Å²) in [5, 5.41) is 13.4. The SMILES string of the molecule is O=C(O)Cc1nn2c(c1-c1ccc(Br)s1)CCC2. The molecule has 0 atom stereocenters. The molecule has 1 aliphatic rings. The number of carboxylic acid groups (broad SMARTS) is 1. The molecule has 0 radical (unpaired) electrons. The van der Waals surface area contributed by atoms with Crippen LogP contribution in [0.3, 0.4) is 0 Å². The molecule has 4 nitrogen and oxygen atoms in total. The highest BCUT2D eigenvalue weighted by Gasteiger charge is 2.24. The molecule has 0 unspecified atom stereocenters. The molecular formula is C12H11BrN2O2S. The Morgan fingerprint density at radius 2 is 2.39 bits per heavy atom. The topological polar surface area (TPSA) is 55.1 Å². The normalized spacial score (nSPS) is 13.8. The third-order valence-corrected chi connectivity index (χ3v) is 4.69. The van der Waals surface area contributed by atoms with Crippen LogP contribution in [0.4, 0.5) is 0 Å². The number of hydrogen-bond donors (Lipinski definition) is 1. The summed E-state index contributed by atoms with van der Waals surface area (Å²) in [5.41, 5.74) is 2.90. The van der Waals surface area contributed by atoms with Crippen LogP contribution in [0.1, 0.15) is 17.8 Å². The van der Waals surface area contributed by atoms with Gasteiger partial charge in [0.25, 0.3) is 0 Å². The van der Waals surface area contributed by atoms with Gasteiger partial charge in [0.2, 0.25) is 0 Å². The van der Waals surface area contributed by atoms with Crippen molar-refractivity contribution in [1.82, 2.24) is 9.78 Å². The maximum Gasteiger partial charge on any atom is 0.309 e. The summed E-state index contributed by atoms with van der Waals surface area (Å²) in [7, 11) is 0. The van der Waals surface area contributed by atoms with E-state index in [1.54, 1.807) is 11.3 Å². The molecule has 0 fully saturated rings. The zero-order chi connectivity index (χ0) is 12.7. The lowest BCUT2D eigenvalue weighted by Crippen LogP contribution is -2.03. The highest BCUT2D eigenvalue weighted by Crippen LogP contribution is 2.37. The minimum absolute atomic E-state index is 0.00908. The molecule has 6 heteroatoms. The average Bonchev–Trinajstić information content (AvgIpc) is 2.92. The molecule has 0 saturated heterocycles. The molecule has 0 amide bonds. The summed E-state index contributed by atoms with van der Waals surface area (Å²) in [6.45, 7) is 0.897. The van der Waals surface area contributed by atoms with Crippen LogP contribution in [0.5, 0.6) is 0 Å². The van der Waals surface area contributed by atoms with Crippen molar-refractivity contribution in [2.24, 2.45) is 0 Å². The van der Waals surface area contributed by atoms with Crippen molar-refractivity contribution in [2.75, 3.05) is 0 Å². The number of thiophene rings is 1. The summed E-state index contributed by atoms with van der Waals surface area (Å²) < 4.78 is 3.01. The molecule has 0 aliphatic carbocycles. The number of hydrogen-bond acceptors (Lipinski definition) is 3. The molecule has 3 heterocycles. The van der Waals surface area contributed by atoms with Crippen LogP contribution >= 0.6 is 27.3 Å². The number of carbonyl (C=O) groups is 1. The molecule has 0 saturated carbocycles. The molecule has 2 aromatic rings. The van der Waals surface area contributed by atoms with Crippen molar-refractivity contribution in [3.8, 4) is 10.4 Å². The fourth-order valence-corrected chi connectivity index (χ4v) is 3.86. The van der Waals surface area contributed by atoms with Crippen LogP contribution in [0, 0.1) is 0 Å². The smallest absolute Gasteiger partial charge is 0.309 e. The highest BCUT2D eigenvalue weighted by atomic mass is 79.9. The van der Waals surface area contributed by atoms with Gasteiger partial charge in [-0.1, -0.05) is 0 Å². The van der Waals surface area contributed by atoms with Crippen molar-refractivity contribution in [3.63, 3.8) is 0 Å². The van der Waals surface area contributed by atoms with Crippen LogP contribution in [-0.4, -0.2) is 20.9 Å². The fraction of sp³-hybridized carbons (Fsp3) is 0.333. The first-order valence-electron chi connectivity index (χ1n) is 5.71. The third-order valence-electron chi connectivity index (χ3n) is 3.05. The molecule has 0 bridgehead atoms. The molecule has 2 aromatic heterocycles. The van der Waals surface area contributed by atoms with Gasteiger partial charge in [0.15, 0.2) is 0 Å². The first kappa shape index (κ1) is 11.9. The second-order valence-electron chi connectivity index (χ2n) is 4.27. The van der Waals surface area contributed by atoms with Gasteiger partial charge in [0.1, 0.15) is 0 Å². The van der Waals surface area contributed by atoms with E-state index in [0.717, 1.165) is 33.6 Å². The van der Waals surface area contributed by atoms with Gasteiger partial charge in [0, 0.05) is 22.7 Å². The Morgan fingerprint density at radius 1 is 1.56 bits per heavy atom. The van der Waals surface area contributed by atoms with Gasteiger partial charge in [-0.15, -0.1) is 11.3 Å². The quantitative estimate of drug-likeness (QED) is 0.943. The Kier molecular flexibility index (Phi) is 2.99. The van der Waals surface area contributed by atoms with Crippen LogP contribution in [-0.2, 0) is 24.2 Å². The molecular weight excluding hydrogens is 316 g/mol. The minimum atomic E-state index is -0.830. The first-order chi connectivity index (χ1) is 8.65. The van der Waals surface area contributed by atoms with Crippen LogP contribution in [0.25, 0.3) is 10.4 Å². The largest absolute Gasteiger partial charge is 0.481 e. The molecule has 94 valence electrons. The standard InChI is InChI=1S/C12H11BrN2O2S/c13-10-4-3-9(18-10)12-7(6-11(16)17)14-15-5-1-2-8(12)15/h3-4H,1-2,5-6H2,(H,16,17). The molecule has 0 spiro atoms. The number of fused-ring (bicyclic) bond motifs is 1. The number of halogens is 1. The monoisotopic (exact) mass is 326 g/mol. The van der Waals surface area contributed by atoms with E-state index in [9.17, 15) is 4.79 Å². The van der Waals surface area contributed by atoms with Crippen LogP contribution < -0.4 is 0 Å². The molecule has 1 aliphatic heterocycles. The Labute approximate surface area is 116 Å². The van der Waals surface area contributed by atoms with E-state index in [4.69, 9.17) is 5.11 Å². The van der Waals surface area contributed by atoms with Gasteiger partial charge in [-0.25, -0.2) is 0 Å². The maximum atomic E-state index is 10.9. The van der Waals surface area contributed by atoms with E-state index in [1.165, 1.54) is 5.69 Å². The number of rotatable bonds is 3. The lowest BCUT2D eigenvalue weighted by Gasteiger charge is -2.00. The van der Waals surface area contributed by atoms with Crippen LogP contribution in [0.15, 0.2) is 15.9 Å². The Morgan fingerprint density at radius 3 is 3.06 bits per heavy atom. The summed E-state index contributed by atoms with van der Waals surface area (Å²) in [5.74, 6) is -0.830. The predicted octanol–water partition coefficient (Wildman–Crippen LogP) is 2.95. The lowest BCUT2D eigenvalue weighted by atomic mass is 10.1. The summed E-state index contributed by atoms with van der Waals surface area (Å²) in [6.07, 6.45) is 2.07. The molecule has 1 N–H and O–H groups in total. The number of nitrogens with zero attached hydrogens (tertiary/aromatic N) is 2. The molecule has 18 heavy (non-hydrogen) atoms. The van der Waals surface area contributed by atoms with Gasteiger partial charge in [-0.3, -0.25) is 9.48 Å². The number of aromatic nitrogens is 2. The van der Waals surface area contributed by atoms with Gasteiger partial charge in [-0.05, 0) is 40.9 Å². The van der Waals surface area contributed by atoms with Crippen LogP contribution in [0.2, 0.25) is 0 Å². The Bertz CT molecular complexity index is 618. The van der Waals surface area contributed by atoms with Crippen molar-refractivity contribution in [2.45, 2.75) is 25.8 Å². The Hall–Kier alpha value is -1.14. The summed E-state index contributed by atoms with van der Waals surface area (Å²) in [4.78, 5) is 12.0. The Balaban J connectivity index is 2.13.